The van der Waals surface area contributed by atoms with Crippen LogP contribution >= 0.6 is 0 Å². The number of rotatable bonds is 3. The largest absolute Gasteiger partial charge is 0.507 e. The summed E-state index contributed by atoms with van der Waals surface area (Å²) in [5.41, 5.74) is -1.12. The first-order valence-corrected chi connectivity index (χ1v) is 9.53. The molecule has 4 nitrogen and oxygen atoms in total. The zero-order valence-electron chi connectivity index (χ0n) is 15.6. The van der Waals surface area contributed by atoms with E-state index < -0.39 is 22.9 Å². The second kappa shape index (κ2) is 7.55. The number of fused-ring (bicyclic) bond motifs is 1. The number of piperidine rings is 1. The Morgan fingerprint density at radius 1 is 1.00 bits per heavy atom. The molecule has 0 unspecified atom stereocenters. The summed E-state index contributed by atoms with van der Waals surface area (Å²) in [5.74, 6) is -1.52. The second-order valence-electron chi connectivity index (χ2n) is 7.28. The lowest BCUT2D eigenvalue weighted by molar-refractivity contribution is -0.152. The first-order chi connectivity index (χ1) is 13.9. The molecule has 2 aromatic carbocycles. The molecule has 1 aliphatic heterocycles. The van der Waals surface area contributed by atoms with Crippen molar-refractivity contribution in [3.63, 3.8) is 0 Å². The fourth-order valence-electron chi connectivity index (χ4n) is 3.86. The van der Waals surface area contributed by atoms with Crippen molar-refractivity contribution >= 4 is 11.0 Å². The summed E-state index contributed by atoms with van der Waals surface area (Å²) in [6.07, 6.45) is -1.78. The number of likely N-dealkylation sites (tertiary alicyclic amines) is 1. The van der Waals surface area contributed by atoms with Crippen LogP contribution in [0.15, 0.2) is 51.7 Å². The summed E-state index contributed by atoms with van der Waals surface area (Å²) in [7, 11) is 0. The van der Waals surface area contributed by atoms with E-state index in [-0.39, 0.29) is 34.4 Å². The third-order valence-corrected chi connectivity index (χ3v) is 5.29. The first-order valence-electron chi connectivity index (χ1n) is 9.53. The highest BCUT2D eigenvalue weighted by Crippen LogP contribution is 2.39. The number of benzene rings is 2. The molecule has 7 heteroatoms. The van der Waals surface area contributed by atoms with Crippen LogP contribution in [0.2, 0.25) is 0 Å². The Kier molecular flexibility index (Phi) is 5.08. The van der Waals surface area contributed by atoms with Crippen LogP contribution in [0, 0.1) is 0 Å². The molecule has 0 saturated carbocycles. The van der Waals surface area contributed by atoms with Gasteiger partial charge in [0.15, 0.2) is 0 Å². The maximum Gasteiger partial charge on any atom is 0.450 e. The molecule has 152 valence electrons. The molecule has 0 radical (unpaired) electrons. The molecule has 0 bridgehead atoms. The summed E-state index contributed by atoms with van der Waals surface area (Å²) in [5, 5.41) is 10.4. The topological polar surface area (TPSA) is 53.7 Å². The van der Waals surface area contributed by atoms with Crippen molar-refractivity contribution in [2.45, 2.75) is 32.0 Å². The molecule has 0 amide bonds. The monoisotopic (exact) mass is 403 g/mol. The quantitative estimate of drug-likeness (QED) is 0.656. The predicted octanol–water partition coefficient (Wildman–Crippen LogP) is 5.17. The van der Waals surface area contributed by atoms with Crippen LogP contribution in [0.3, 0.4) is 0 Å². The van der Waals surface area contributed by atoms with Gasteiger partial charge in [-0.2, -0.15) is 13.2 Å². The maximum atomic E-state index is 13.8. The minimum Gasteiger partial charge on any atom is -0.507 e. The molecule has 1 aromatic heterocycles. The van der Waals surface area contributed by atoms with Crippen LogP contribution in [0.25, 0.3) is 22.1 Å². The SMILES string of the molecule is O=c1c(-c2ccccc2)c(C(F)(F)F)oc2c(CN3CCCCC3)c(O)ccc12. The van der Waals surface area contributed by atoms with Crippen molar-refractivity contribution in [3.8, 4) is 16.9 Å². The van der Waals surface area contributed by atoms with Gasteiger partial charge in [-0.25, -0.2) is 0 Å². The molecule has 29 heavy (non-hydrogen) atoms. The van der Waals surface area contributed by atoms with Gasteiger partial charge >= 0.3 is 6.18 Å². The van der Waals surface area contributed by atoms with Gasteiger partial charge in [-0.05, 0) is 43.6 Å². The number of alkyl halides is 3. The molecule has 0 atom stereocenters. The molecule has 0 spiro atoms. The Morgan fingerprint density at radius 3 is 2.34 bits per heavy atom. The van der Waals surface area contributed by atoms with Gasteiger partial charge in [0.1, 0.15) is 11.3 Å². The minimum atomic E-state index is -4.85. The minimum absolute atomic E-state index is 0.0293. The van der Waals surface area contributed by atoms with E-state index in [1.165, 1.54) is 24.3 Å². The van der Waals surface area contributed by atoms with Crippen LogP contribution in [0.4, 0.5) is 13.2 Å². The fourth-order valence-corrected chi connectivity index (χ4v) is 3.86. The molecule has 0 aliphatic carbocycles. The Hall–Kier alpha value is -2.80. The smallest absolute Gasteiger partial charge is 0.450 e. The predicted molar refractivity (Wildman–Crippen MR) is 104 cm³/mol. The standard InChI is InChI=1S/C22H20F3NO3/c23-22(24,25)21-18(14-7-3-1-4-8-14)19(28)15-9-10-17(27)16(20(15)29-21)13-26-11-5-2-6-12-26/h1,3-4,7-10,27H,2,5-6,11-13H2. The Labute approximate surface area is 165 Å². The zero-order chi connectivity index (χ0) is 20.6. The van der Waals surface area contributed by atoms with Gasteiger partial charge in [-0.15, -0.1) is 0 Å². The summed E-state index contributed by atoms with van der Waals surface area (Å²) in [6.45, 7) is 1.80. The zero-order valence-corrected chi connectivity index (χ0v) is 15.6. The van der Waals surface area contributed by atoms with Gasteiger partial charge in [0.05, 0.1) is 16.5 Å². The molecule has 1 aliphatic rings. The molecule has 4 rings (SSSR count). The van der Waals surface area contributed by atoms with Crippen LogP contribution in [-0.4, -0.2) is 23.1 Å². The van der Waals surface area contributed by atoms with Gasteiger partial charge in [0.25, 0.3) is 0 Å². The van der Waals surface area contributed by atoms with E-state index in [0.29, 0.717) is 0 Å². The molecule has 2 heterocycles. The van der Waals surface area contributed by atoms with E-state index in [4.69, 9.17) is 4.42 Å². The summed E-state index contributed by atoms with van der Waals surface area (Å²) < 4.78 is 46.8. The molecule has 3 aromatic rings. The van der Waals surface area contributed by atoms with E-state index in [2.05, 4.69) is 4.90 Å². The number of hydrogen-bond acceptors (Lipinski definition) is 4. The van der Waals surface area contributed by atoms with Crippen LogP contribution in [0.1, 0.15) is 30.6 Å². The highest BCUT2D eigenvalue weighted by atomic mass is 19.4. The molecule has 1 saturated heterocycles. The first kappa shape index (κ1) is 19.5. The third kappa shape index (κ3) is 3.74. The number of hydrogen-bond donors (Lipinski definition) is 1. The van der Waals surface area contributed by atoms with Crippen molar-refractivity contribution < 1.29 is 22.7 Å². The van der Waals surface area contributed by atoms with Gasteiger partial charge < -0.3 is 9.52 Å². The lowest BCUT2D eigenvalue weighted by Crippen LogP contribution is -2.29. The van der Waals surface area contributed by atoms with Crippen LogP contribution < -0.4 is 5.43 Å². The van der Waals surface area contributed by atoms with Crippen molar-refractivity contribution in [1.29, 1.82) is 0 Å². The van der Waals surface area contributed by atoms with E-state index >= 15 is 0 Å². The molecular formula is C22H20F3NO3. The van der Waals surface area contributed by atoms with Gasteiger partial charge in [0, 0.05) is 6.54 Å². The summed E-state index contributed by atoms with van der Waals surface area (Å²) in [6, 6.07) is 10.4. The highest BCUT2D eigenvalue weighted by molar-refractivity contribution is 5.86. The van der Waals surface area contributed by atoms with E-state index in [9.17, 15) is 23.1 Å². The number of nitrogens with zero attached hydrogens (tertiary/aromatic N) is 1. The Morgan fingerprint density at radius 2 is 1.69 bits per heavy atom. The number of phenols is 1. The molecule has 1 N–H and O–H groups in total. The van der Waals surface area contributed by atoms with Crippen molar-refractivity contribution in [2.24, 2.45) is 0 Å². The normalized spacial score (nSPS) is 15.7. The number of aromatic hydroxyl groups is 1. The molecule has 1 fully saturated rings. The summed E-state index contributed by atoms with van der Waals surface area (Å²) >= 11 is 0. The summed E-state index contributed by atoms with van der Waals surface area (Å²) in [4.78, 5) is 15.1. The van der Waals surface area contributed by atoms with Crippen LogP contribution in [-0.2, 0) is 12.7 Å². The van der Waals surface area contributed by atoms with Crippen molar-refractivity contribution in [3.05, 3.63) is 64.0 Å². The lowest BCUT2D eigenvalue weighted by Gasteiger charge is -2.27. The van der Waals surface area contributed by atoms with Gasteiger partial charge in [-0.1, -0.05) is 36.8 Å². The average molecular weight is 403 g/mol. The van der Waals surface area contributed by atoms with Crippen LogP contribution in [0.5, 0.6) is 5.75 Å². The lowest BCUT2D eigenvalue weighted by atomic mass is 10.00. The average Bonchev–Trinajstić information content (AvgIpc) is 2.70. The number of phenolic OH excluding ortho intramolecular Hbond substituents is 1. The third-order valence-electron chi connectivity index (χ3n) is 5.29. The van der Waals surface area contributed by atoms with E-state index in [1.54, 1.807) is 18.2 Å². The van der Waals surface area contributed by atoms with Crippen molar-refractivity contribution in [1.82, 2.24) is 4.90 Å². The van der Waals surface area contributed by atoms with E-state index in [0.717, 1.165) is 32.4 Å². The van der Waals surface area contributed by atoms with Gasteiger partial charge in [0.2, 0.25) is 11.2 Å². The Balaban J connectivity index is 1.97. The van der Waals surface area contributed by atoms with Crippen molar-refractivity contribution in [2.75, 3.05) is 13.1 Å². The van der Waals surface area contributed by atoms with Gasteiger partial charge in [-0.3, -0.25) is 9.69 Å². The maximum absolute atomic E-state index is 13.8. The molecular weight excluding hydrogens is 383 g/mol. The highest BCUT2D eigenvalue weighted by Gasteiger charge is 2.39. The fraction of sp³-hybridized carbons (Fsp3) is 0.318. The Bertz CT molecular complexity index is 1080. The number of halogens is 3. The second-order valence-corrected chi connectivity index (χ2v) is 7.28. The van der Waals surface area contributed by atoms with E-state index in [1.807, 2.05) is 0 Å².